The number of fused-ring (bicyclic) bond motifs is 1. The zero-order valence-electron chi connectivity index (χ0n) is 15.6. The first-order valence-corrected chi connectivity index (χ1v) is 8.92. The molecule has 3 heterocycles. The van der Waals surface area contributed by atoms with Crippen LogP contribution in [-0.2, 0) is 16.5 Å². The van der Waals surface area contributed by atoms with Gasteiger partial charge in [-0.3, -0.25) is 0 Å². The Balaban J connectivity index is 0.00000182. The smallest absolute Gasteiger partial charge is 0.270 e. The maximum atomic E-state index is 6.45. The Morgan fingerprint density at radius 1 is 1.08 bits per heavy atom. The van der Waals surface area contributed by atoms with Gasteiger partial charge in [-0.2, -0.15) is 0 Å². The quantitative estimate of drug-likeness (QED) is 0.572. The van der Waals surface area contributed by atoms with E-state index in [1.165, 1.54) is 17.0 Å². The van der Waals surface area contributed by atoms with Crippen LogP contribution in [0.25, 0.3) is 0 Å². The minimum absolute atomic E-state index is 0. The number of imidazole rings is 1. The van der Waals surface area contributed by atoms with Gasteiger partial charge in [0, 0.05) is 18.8 Å². The van der Waals surface area contributed by atoms with Crippen molar-refractivity contribution in [3.63, 3.8) is 0 Å². The molecule has 0 unspecified atom stereocenters. The van der Waals surface area contributed by atoms with Gasteiger partial charge in [0.25, 0.3) is 5.82 Å². The highest BCUT2D eigenvalue weighted by molar-refractivity contribution is 5.44. The van der Waals surface area contributed by atoms with Crippen LogP contribution in [0.3, 0.4) is 0 Å². The number of aromatic nitrogens is 2. The van der Waals surface area contributed by atoms with Crippen LogP contribution in [0.4, 0.5) is 0 Å². The van der Waals surface area contributed by atoms with Crippen molar-refractivity contribution in [3.8, 4) is 0 Å². The van der Waals surface area contributed by atoms with Crippen LogP contribution in [0.5, 0.6) is 0 Å². The second kappa shape index (κ2) is 6.11. The number of hydrogen-bond acceptors (Lipinski definition) is 2. The maximum Gasteiger partial charge on any atom is 0.270 e. The van der Waals surface area contributed by atoms with E-state index in [-0.39, 0.29) is 29.8 Å². The molecule has 0 radical (unpaired) electrons. The van der Waals surface area contributed by atoms with Crippen LogP contribution < -0.4 is 17.0 Å². The van der Waals surface area contributed by atoms with Gasteiger partial charge < -0.3 is 21.9 Å². The van der Waals surface area contributed by atoms with Crippen molar-refractivity contribution in [1.29, 1.82) is 0 Å². The van der Waals surface area contributed by atoms with E-state index < -0.39 is 5.79 Å². The highest BCUT2D eigenvalue weighted by atomic mass is 35.5. The van der Waals surface area contributed by atoms with E-state index in [9.17, 15) is 0 Å². The highest BCUT2D eigenvalue weighted by Gasteiger charge is 2.70. The average molecular weight is 363 g/mol. The summed E-state index contributed by atoms with van der Waals surface area (Å²) < 4.78 is 17.5. The molecular weight excluding hydrogens is 336 g/mol. The third-order valence-corrected chi connectivity index (χ3v) is 5.89. The van der Waals surface area contributed by atoms with Crippen LogP contribution in [0.2, 0.25) is 0 Å². The molecule has 0 amide bonds. The fourth-order valence-electron chi connectivity index (χ4n) is 5.07. The first kappa shape index (κ1) is 18.4. The first-order valence-electron chi connectivity index (χ1n) is 8.92. The zero-order chi connectivity index (χ0) is 17.1. The monoisotopic (exact) mass is 362 g/mol. The van der Waals surface area contributed by atoms with E-state index in [1.54, 1.807) is 0 Å². The number of halogens is 1. The fraction of sp³-hybridized carbons (Fsp3) is 0.550. The molecule has 2 aliphatic heterocycles. The molecule has 2 atom stereocenters. The number of ether oxygens (including phenoxy) is 2. The molecule has 136 valence electrons. The Hall–Kier alpha value is -1.36. The fourth-order valence-corrected chi connectivity index (χ4v) is 5.07. The lowest BCUT2D eigenvalue weighted by atomic mass is 9.58. The van der Waals surface area contributed by atoms with Gasteiger partial charge in [0.15, 0.2) is 5.79 Å². The van der Waals surface area contributed by atoms with Crippen molar-refractivity contribution in [2.75, 3.05) is 13.2 Å². The molecule has 3 aliphatic rings. The average Bonchev–Trinajstić information content (AvgIpc) is 2.93. The second-order valence-electron chi connectivity index (χ2n) is 7.39. The normalized spacial score (nSPS) is 24.4. The Bertz CT molecular complexity index is 778. The standard InChI is InChI=1S/C20H27N2O2.ClH/c1-6-23-20(24-7-2)16-14-10-8-9-11-15(14)17(19(20,3)4)22-13-12-21(5)18(16)22;/h8-13,16-17H,6-7H2,1-5H3;1H/q+1;/p-1/t16-,17-;/m0./s1. The lowest BCUT2D eigenvalue weighted by Crippen LogP contribution is -3.00. The van der Waals surface area contributed by atoms with Crippen molar-refractivity contribution in [1.82, 2.24) is 4.57 Å². The van der Waals surface area contributed by atoms with Crippen LogP contribution in [-0.4, -0.2) is 23.6 Å². The van der Waals surface area contributed by atoms with E-state index >= 15 is 0 Å². The molecule has 5 rings (SSSR count). The number of benzene rings is 1. The number of rotatable bonds is 4. The van der Waals surface area contributed by atoms with E-state index in [0.29, 0.717) is 13.2 Å². The molecule has 0 fully saturated rings. The van der Waals surface area contributed by atoms with E-state index in [0.717, 1.165) is 0 Å². The summed E-state index contributed by atoms with van der Waals surface area (Å²) in [5, 5.41) is 0. The van der Waals surface area contributed by atoms with Gasteiger partial charge in [-0.05, 0) is 19.4 Å². The number of hydrogen-bond donors (Lipinski definition) is 0. The Kier molecular flexibility index (Phi) is 4.51. The number of nitrogens with zero attached hydrogens (tertiary/aromatic N) is 2. The van der Waals surface area contributed by atoms with Crippen LogP contribution in [0.1, 0.15) is 56.6 Å². The van der Waals surface area contributed by atoms with E-state index in [4.69, 9.17) is 9.47 Å². The maximum absolute atomic E-state index is 6.45. The predicted molar refractivity (Wildman–Crippen MR) is 91.8 cm³/mol. The minimum atomic E-state index is -0.651. The first-order chi connectivity index (χ1) is 11.5. The summed E-state index contributed by atoms with van der Waals surface area (Å²) in [7, 11) is 2.12. The summed E-state index contributed by atoms with van der Waals surface area (Å²) in [6, 6.07) is 8.97. The Morgan fingerprint density at radius 2 is 1.68 bits per heavy atom. The molecule has 0 saturated carbocycles. The van der Waals surface area contributed by atoms with Crippen LogP contribution in [0, 0.1) is 5.41 Å². The van der Waals surface area contributed by atoms with Gasteiger partial charge in [0.1, 0.15) is 24.4 Å². The van der Waals surface area contributed by atoms with Gasteiger partial charge in [0.05, 0.1) is 12.5 Å². The van der Waals surface area contributed by atoms with Crippen molar-refractivity contribution in [2.45, 2.75) is 45.4 Å². The van der Waals surface area contributed by atoms with E-state index in [2.05, 4.69) is 80.5 Å². The predicted octanol–water partition coefficient (Wildman–Crippen LogP) is 0.160. The van der Waals surface area contributed by atoms with Gasteiger partial charge in [-0.1, -0.05) is 38.1 Å². The van der Waals surface area contributed by atoms with Gasteiger partial charge in [-0.25, -0.2) is 9.13 Å². The molecule has 5 heteroatoms. The highest BCUT2D eigenvalue weighted by Crippen LogP contribution is 2.61. The molecule has 0 spiro atoms. The number of aryl methyl sites for hydroxylation is 1. The van der Waals surface area contributed by atoms with Gasteiger partial charge in [-0.15, -0.1) is 0 Å². The van der Waals surface area contributed by atoms with Crippen molar-refractivity contribution in [3.05, 3.63) is 53.6 Å². The SMILES string of the molecule is CCOC1(OCC)[C@H]2c3ccccc3[C@H]([n+]3ccn(C)c32)C1(C)C.[Cl-]. The molecule has 1 aromatic carbocycles. The molecule has 0 N–H and O–H groups in total. The van der Waals surface area contributed by atoms with Crippen molar-refractivity contribution < 1.29 is 26.4 Å². The summed E-state index contributed by atoms with van der Waals surface area (Å²) in [4.78, 5) is 0. The molecule has 2 aromatic rings. The summed E-state index contributed by atoms with van der Waals surface area (Å²) in [5.74, 6) is 0.676. The molecule has 1 aromatic heterocycles. The summed E-state index contributed by atoms with van der Waals surface area (Å²) in [5.41, 5.74) is 2.55. The molecule has 25 heavy (non-hydrogen) atoms. The molecule has 2 bridgehead atoms. The van der Waals surface area contributed by atoms with Crippen LogP contribution >= 0.6 is 0 Å². The largest absolute Gasteiger partial charge is 1.00 e. The third-order valence-electron chi connectivity index (χ3n) is 5.89. The molecule has 0 saturated heterocycles. The zero-order valence-corrected chi connectivity index (χ0v) is 16.4. The Morgan fingerprint density at radius 3 is 2.28 bits per heavy atom. The molecule has 1 aliphatic carbocycles. The lowest BCUT2D eigenvalue weighted by molar-refractivity contribution is -0.755. The van der Waals surface area contributed by atoms with Crippen molar-refractivity contribution >= 4 is 0 Å². The summed E-state index contributed by atoms with van der Waals surface area (Å²) in [6.45, 7) is 9.97. The topological polar surface area (TPSA) is 27.3 Å². The molecule has 4 nitrogen and oxygen atoms in total. The lowest BCUT2D eigenvalue weighted by Gasteiger charge is -2.57. The van der Waals surface area contributed by atoms with Gasteiger partial charge in [0.2, 0.25) is 0 Å². The van der Waals surface area contributed by atoms with Crippen LogP contribution in [0.15, 0.2) is 36.7 Å². The summed E-state index contributed by atoms with van der Waals surface area (Å²) >= 11 is 0. The minimum Gasteiger partial charge on any atom is -1.00 e. The molecular formula is C20H27ClN2O2. The second-order valence-corrected chi connectivity index (χ2v) is 7.39. The Labute approximate surface area is 156 Å². The van der Waals surface area contributed by atoms with Gasteiger partial charge >= 0.3 is 0 Å². The van der Waals surface area contributed by atoms with Crippen molar-refractivity contribution in [2.24, 2.45) is 12.5 Å². The van der Waals surface area contributed by atoms with E-state index in [1.807, 2.05) is 0 Å². The summed E-state index contributed by atoms with van der Waals surface area (Å²) in [6.07, 6.45) is 4.35. The third kappa shape index (κ3) is 2.11.